The summed E-state index contributed by atoms with van der Waals surface area (Å²) in [6.07, 6.45) is -0.779. The predicted molar refractivity (Wildman–Crippen MR) is 61.0 cm³/mol. The van der Waals surface area contributed by atoms with Gasteiger partial charge in [-0.15, -0.1) is 0 Å². The molecule has 0 aliphatic heterocycles. The van der Waals surface area contributed by atoms with E-state index in [1.165, 1.54) is 0 Å². The normalized spacial score (nSPS) is 10.3. The molecule has 0 saturated carbocycles. The van der Waals surface area contributed by atoms with Crippen LogP contribution in [0.5, 0.6) is 0 Å². The van der Waals surface area contributed by atoms with Gasteiger partial charge in [0.2, 0.25) is 0 Å². The third-order valence-corrected chi connectivity index (χ3v) is 1.53. The van der Waals surface area contributed by atoms with E-state index in [4.69, 9.17) is 15.7 Å². The summed E-state index contributed by atoms with van der Waals surface area (Å²) in [5.74, 6) is 0. The second-order valence-corrected chi connectivity index (χ2v) is 4.24. The molecule has 7 nitrogen and oxygen atoms in total. The number of carbonyl (C=O) groups excluding carboxylic acids is 2. The minimum absolute atomic E-state index is 0.0339. The van der Waals surface area contributed by atoms with Crippen molar-refractivity contribution >= 4 is 12.1 Å². The molecule has 96 valence electrons. The number of imide groups is 1. The van der Waals surface area contributed by atoms with Crippen LogP contribution in [0.4, 0.5) is 9.59 Å². The first-order valence-electron chi connectivity index (χ1n) is 5.17. The fourth-order valence-electron chi connectivity index (χ4n) is 0.932. The van der Waals surface area contributed by atoms with E-state index in [9.17, 15) is 9.59 Å². The molecule has 0 fully saturated rings. The molecule has 0 heterocycles. The number of nitrogens with two attached hydrogens (primary N) is 1. The predicted octanol–water partition coefficient (Wildman–Crippen LogP) is 0.415. The Morgan fingerprint density at radius 2 is 2.06 bits per heavy atom. The first-order valence-corrected chi connectivity index (χ1v) is 5.17. The quantitative estimate of drug-likeness (QED) is 0.697. The molecular formula is C10H18N4O3. The van der Waals surface area contributed by atoms with Crippen LogP contribution < -0.4 is 11.1 Å². The fraction of sp³-hybridized carbons (Fsp3) is 0.700. The van der Waals surface area contributed by atoms with Crippen LogP contribution in [0.3, 0.4) is 0 Å². The maximum Gasteiger partial charge on any atom is 0.418 e. The van der Waals surface area contributed by atoms with E-state index in [1.807, 2.05) is 0 Å². The molecule has 0 radical (unpaired) electrons. The molecule has 0 aromatic carbocycles. The number of nitriles is 1. The van der Waals surface area contributed by atoms with Crippen molar-refractivity contribution in [2.24, 2.45) is 5.73 Å². The van der Waals surface area contributed by atoms with E-state index in [0.717, 1.165) is 4.90 Å². The Kier molecular flexibility index (Phi) is 5.99. The van der Waals surface area contributed by atoms with Crippen LogP contribution in [-0.2, 0) is 4.74 Å². The van der Waals surface area contributed by atoms with Crippen LogP contribution in [-0.4, -0.2) is 42.3 Å². The zero-order valence-corrected chi connectivity index (χ0v) is 10.3. The lowest BCUT2D eigenvalue weighted by atomic mass is 10.2. The maximum atomic E-state index is 11.7. The number of hydrogen-bond donors (Lipinski definition) is 2. The summed E-state index contributed by atoms with van der Waals surface area (Å²) in [7, 11) is 0. The Morgan fingerprint density at radius 3 is 2.47 bits per heavy atom. The van der Waals surface area contributed by atoms with Crippen molar-refractivity contribution in [1.82, 2.24) is 10.2 Å². The second kappa shape index (κ2) is 6.70. The molecule has 0 aromatic rings. The smallest absolute Gasteiger partial charge is 0.418 e. The number of amides is 3. The number of carbonyl (C=O) groups is 2. The molecule has 17 heavy (non-hydrogen) atoms. The summed E-state index contributed by atoms with van der Waals surface area (Å²) in [4.78, 5) is 24.0. The van der Waals surface area contributed by atoms with Gasteiger partial charge in [0.1, 0.15) is 12.1 Å². The van der Waals surface area contributed by atoms with Crippen molar-refractivity contribution in [1.29, 1.82) is 5.26 Å². The molecule has 0 saturated heterocycles. The third kappa shape index (κ3) is 6.37. The van der Waals surface area contributed by atoms with Crippen LogP contribution in [0.15, 0.2) is 0 Å². The van der Waals surface area contributed by atoms with Gasteiger partial charge in [-0.3, -0.25) is 0 Å². The molecule has 3 amide bonds. The lowest BCUT2D eigenvalue weighted by Crippen LogP contribution is -2.48. The van der Waals surface area contributed by atoms with Crippen molar-refractivity contribution in [2.75, 3.05) is 19.6 Å². The van der Waals surface area contributed by atoms with Crippen molar-refractivity contribution in [2.45, 2.75) is 26.4 Å². The Hall–Kier alpha value is -1.81. The van der Waals surface area contributed by atoms with Crippen molar-refractivity contribution in [3.8, 4) is 6.07 Å². The van der Waals surface area contributed by atoms with Gasteiger partial charge in [-0.05, 0) is 20.8 Å². The van der Waals surface area contributed by atoms with Gasteiger partial charge in [0.05, 0.1) is 6.07 Å². The number of ether oxygens (including phenoxy) is 1. The second-order valence-electron chi connectivity index (χ2n) is 4.24. The van der Waals surface area contributed by atoms with Gasteiger partial charge < -0.3 is 15.8 Å². The Morgan fingerprint density at radius 1 is 1.47 bits per heavy atom. The van der Waals surface area contributed by atoms with E-state index in [-0.39, 0.29) is 19.6 Å². The molecule has 0 rings (SSSR count). The van der Waals surface area contributed by atoms with Gasteiger partial charge >= 0.3 is 12.1 Å². The molecule has 3 N–H and O–H groups in total. The van der Waals surface area contributed by atoms with Crippen LogP contribution in [0.1, 0.15) is 20.8 Å². The highest BCUT2D eigenvalue weighted by molar-refractivity contribution is 5.91. The number of nitrogens with one attached hydrogen (secondary N) is 1. The summed E-state index contributed by atoms with van der Waals surface area (Å²) in [6.45, 7) is 5.06. The van der Waals surface area contributed by atoms with Crippen molar-refractivity contribution < 1.29 is 14.3 Å². The summed E-state index contributed by atoms with van der Waals surface area (Å²) in [5, 5.41) is 10.6. The summed E-state index contributed by atoms with van der Waals surface area (Å²) in [6, 6.07) is 1.05. The molecular weight excluding hydrogens is 224 g/mol. The number of hydrogen-bond acceptors (Lipinski definition) is 5. The number of rotatable bonds is 3. The Bertz CT molecular complexity index is 316. The zero-order chi connectivity index (χ0) is 13.5. The summed E-state index contributed by atoms with van der Waals surface area (Å²) < 4.78 is 5.04. The lowest BCUT2D eigenvalue weighted by Gasteiger charge is -2.25. The van der Waals surface area contributed by atoms with E-state index in [0.29, 0.717) is 0 Å². The molecule has 0 aromatic heterocycles. The van der Waals surface area contributed by atoms with Crippen molar-refractivity contribution in [3.05, 3.63) is 0 Å². The highest BCUT2D eigenvalue weighted by Gasteiger charge is 2.26. The van der Waals surface area contributed by atoms with Crippen molar-refractivity contribution in [3.63, 3.8) is 0 Å². The lowest BCUT2D eigenvalue weighted by molar-refractivity contribution is 0.0326. The van der Waals surface area contributed by atoms with Gasteiger partial charge in [0.25, 0.3) is 0 Å². The highest BCUT2D eigenvalue weighted by atomic mass is 16.6. The van der Waals surface area contributed by atoms with Gasteiger partial charge in [0.15, 0.2) is 0 Å². The first-order chi connectivity index (χ1) is 7.81. The fourth-order valence-corrected chi connectivity index (χ4v) is 0.932. The molecule has 0 aliphatic rings. The molecule has 0 spiro atoms. The molecule has 0 atom stereocenters. The first kappa shape index (κ1) is 15.2. The van der Waals surface area contributed by atoms with E-state index < -0.39 is 17.7 Å². The Labute approximate surface area is 101 Å². The van der Waals surface area contributed by atoms with Gasteiger partial charge in [-0.1, -0.05) is 0 Å². The zero-order valence-electron chi connectivity index (χ0n) is 10.3. The largest absolute Gasteiger partial charge is 0.443 e. The monoisotopic (exact) mass is 242 g/mol. The minimum Gasteiger partial charge on any atom is -0.443 e. The molecule has 0 unspecified atom stereocenters. The average molecular weight is 242 g/mol. The summed E-state index contributed by atoms with van der Waals surface area (Å²) >= 11 is 0. The van der Waals surface area contributed by atoms with Gasteiger partial charge in [-0.25, -0.2) is 14.5 Å². The van der Waals surface area contributed by atoms with Crippen LogP contribution >= 0.6 is 0 Å². The van der Waals surface area contributed by atoms with Gasteiger partial charge in [0, 0.05) is 13.1 Å². The molecule has 7 heteroatoms. The molecule has 0 aliphatic carbocycles. The topological polar surface area (TPSA) is 108 Å². The van der Waals surface area contributed by atoms with E-state index >= 15 is 0 Å². The SMILES string of the molecule is CC(C)(C)OC(=O)N(CCN)C(=O)NCC#N. The standard InChI is InChI=1S/C10H18N4O3/c1-10(2,3)17-9(16)14(7-5-12)8(15)13-6-4-11/h5-7,12H2,1-3H3,(H,13,15). The Balaban J connectivity index is 4.56. The summed E-state index contributed by atoms with van der Waals surface area (Å²) in [5.41, 5.74) is 4.61. The minimum atomic E-state index is -0.779. The molecule has 0 bridgehead atoms. The average Bonchev–Trinajstić information content (AvgIpc) is 2.19. The maximum absolute atomic E-state index is 11.7. The van der Waals surface area contributed by atoms with Crippen LogP contribution in [0.2, 0.25) is 0 Å². The van der Waals surface area contributed by atoms with Crippen LogP contribution in [0, 0.1) is 11.3 Å². The van der Waals surface area contributed by atoms with E-state index in [1.54, 1.807) is 26.8 Å². The highest BCUT2D eigenvalue weighted by Crippen LogP contribution is 2.09. The third-order valence-electron chi connectivity index (χ3n) is 1.53. The van der Waals surface area contributed by atoms with E-state index in [2.05, 4.69) is 5.32 Å². The number of nitrogens with zero attached hydrogens (tertiary/aromatic N) is 2. The van der Waals surface area contributed by atoms with Crippen LogP contribution in [0.25, 0.3) is 0 Å². The van der Waals surface area contributed by atoms with Gasteiger partial charge in [-0.2, -0.15) is 5.26 Å². The number of urea groups is 1.